The number of nitrogens with zero attached hydrogens (tertiary/aromatic N) is 2. The summed E-state index contributed by atoms with van der Waals surface area (Å²) in [6, 6.07) is 47.5. The van der Waals surface area contributed by atoms with Gasteiger partial charge >= 0.3 is 0 Å². The molecule has 0 saturated heterocycles. The van der Waals surface area contributed by atoms with Crippen molar-refractivity contribution in [2.45, 2.75) is 0 Å². The van der Waals surface area contributed by atoms with E-state index in [1.165, 1.54) is 36.7 Å². The molecule has 0 fully saturated rings. The SMILES string of the molecule is c1cc(-c2c3ccccc3nc3c2sc2ccccc23)cc(-n2c3ccccc3c3c4oc5ccccc5c4ccc32)c1. The highest BCUT2D eigenvalue weighted by Crippen LogP contribution is 2.44. The van der Waals surface area contributed by atoms with Crippen LogP contribution in [0.2, 0.25) is 0 Å². The van der Waals surface area contributed by atoms with Crippen molar-refractivity contribution in [3.05, 3.63) is 133 Å². The van der Waals surface area contributed by atoms with E-state index >= 15 is 0 Å². The molecular formula is C39H22N2OS. The van der Waals surface area contributed by atoms with Crippen molar-refractivity contribution in [2.24, 2.45) is 0 Å². The Kier molecular flexibility index (Phi) is 4.60. The second-order valence-electron chi connectivity index (χ2n) is 11.1. The summed E-state index contributed by atoms with van der Waals surface area (Å²) >= 11 is 1.83. The zero-order valence-electron chi connectivity index (χ0n) is 22.9. The van der Waals surface area contributed by atoms with Gasteiger partial charge in [0.25, 0.3) is 0 Å². The molecule has 0 unspecified atom stereocenters. The number of para-hydroxylation sites is 3. The van der Waals surface area contributed by atoms with Crippen LogP contribution in [0.5, 0.6) is 0 Å². The van der Waals surface area contributed by atoms with Gasteiger partial charge in [0, 0.05) is 42.9 Å². The number of thiophene rings is 1. The van der Waals surface area contributed by atoms with E-state index in [9.17, 15) is 0 Å². The summed E-state index contributed by atoms with van der Waals surface area (Å²) in [6.45, 7) is 0. The number of benzene rings is 6. The first-order valence-corrected chi connectivity index (χ1v) is 15.3. The molecule has 0 radical (unpaired) electrons. The van der Waals surface area contributed by atoms with Crippen LogP contribution < -0.4 is 0 Å². The summed E-state index contributed by atoms with van der Waals surface area (Å²) in [5, 5.41) is 7.02. The molecule has 4 heterocycles. The third kappa shape index (κ3) is 3.16. The van der Waals surface area contributed by atoms with Crippen LogP contribution in [0.4, 0.5) is 0 Å². The first-order chi connectivity index (χ1) is 21.3. The second kappa shape index (κ2) is 8.54. The summed E-state index contributed by atoms with van der Waals surface area (Å²) in [5.41, 5.74) is 9.79. The van der Waals surface area contributed by atoms with E-state index in [0.717, 1.165) is 55.1 Å². The van der Waals surface area contributed by atoms with Gasteiger partial charge in [0.05, 0.1) is 32.2 Å². The number of furan rings is 1. The molecule has 0 atom stereocenters. The lowest BCUT2D eigenvalue weighted by molar-refractivity contribution is 0.673. The lowest BCUT2D eigenvalue weighted by Crippen LogP contribution is -1.95. The monoisotopic (exact) mass is 566 g/mol. The van der Waals surface area contributed by atoms with Gasteiger partial charge in [0.1, 0.15) is 11.2 Å². The molecule has 200 valence electrons. The van der Waals surface area contributed by atoms with E-state index in [1.54, 1.807) is 0 Å². The Morgan fingerprint density at radius 1 is 0.581 bits per heavy atom. The van der Waals surface area contributed by atoms with Gasteiger partial charge in [0.2, 0.25) is 0 Å². The average molecular weight is 567 g/mol. The van der Waals surface area contributed by atoms with Crippen molar-refractivity contribution in [1.82, 2.24) is 9.55 Å². The first-order valence-electron chi connectivity index (χ1n) is 14.5. The Labute approximate surface area is 249 Å². The predicted molar refractivity (Wildman–Crippen MR) is 182 cm³/mol. The molecule has 10 rings (SSSR count). The van der Waals surface area contributed by atoms with E-state index in [-0.39, 0.29) is 0 Å². The van der Waals surface area contributed by atoms with Crippen molar-refractivity contribution < 1.29 is 4.42 Å². The van der Waals surface area contributed by atoms with Gasteiger partial charge in [-0.2, -0.15) is 0 Å². The van der Waals surface area contributed by atoms with Crippen molar-refractivity contribution in [2.75, 3.05) is 0 Å². The number of hydrogen-bond donors (Lipinski definition) is 0. The quantitative estimate of drug-likeness (QED) is 0.208. The van der Waals surface area contributed by atoms with E-state index < -0.39 is 0 Å². The largest absolute Gasteiger partial charge is 0.455 e. The fraction of sp³-hybridized carbons (Fsp3) is 0. The van der Waals surface area contributed by atoms with E-state index in [1.807, 2.05) is 17.4 Å². The minimum atomic E-state index is 0.917. The fourth-order valence-corrected chi connectivity index (χ4v) is 8.16. The molecule has 10 aromatic rings. The van der Waals surface area contributed by atoms with Crippen LogP contribution >= 0.6 is 11.3 Å². The molecule has 3 nitrogen and oxygen atoms in total. The van der Waals surface area contributed by atoms with Gasteiger partial charge in [-0.15, -0.1) is 11.3 Å². The minimum absolute atomic E-state index is 0.917. The number of fused-ring (bicyclic) bond motifs is 11. The lowest BCUT2D eigenvalue weighted by Gasteiger charge is -2.13. The molecule has 0 N–H and O–H groups in total. The highest BCUT2D eigenvalue weighted by atomic mass is 32.1. The molecule has 0 aliphatic rings. The van der Waals surface area contributed by atoms with E-state index in [4.69, 9.17) is 9.40 Å². The summed E-state index contributed by atoms with van der Waals surface area (Å²) in [5.74, 6) is 0. The van der Waals surface area contributed by atoms with Crippen molar-refractivity contribution >= 4 is 86.3 Å². The Morgan fingerprint density at radius 2 is 1.35 bits per heavy atom. The van der Waals surface area contributed by atoms with Gasteiger partial charge < -0.3 is 8.98 Å². The van der Waals surface area contributed by atoms with Crippen LogP contribution in [-0.4, -0.2) is 9.55 Å². The molecule has 0 aliphatic carbocycles. The topological polar surface area (TPSA) is 31.0 Å². The van der Waals surface area contributed by atoms with Crippen molar-refractivity contribution in [3.8, 4) is 16.8 Å². The first kappa shape index (κ1) is 23.1. The number of pyridine rings is 1. The number of hydrogen-bond acceptors (Lipinski definition) is 3. The normalized spacial score (nSPS) is 12.2. The second-order valence-corrected chi connectivity index (χ2v) is 12.2. The smallest absolute Gasteiger partial charge is 0.145 e. The molecule has 0 saturated carbocycles. The van der Waals surface area contributed by atoms with Crippen LogP contribution in [0, 0.1) is 0 Å². The Hall–Kier alpha value is -5.45. The number of rotatable bonds is 2. The van der Waals surface area contributed by atoms with Crippen molar-refractivity contribution in [1.29, 1.82) is 0 Å². The van der Waals surface area contributed by atoms with E-state index in [0.29, 0.717) is 0 Å². The Morgan fingerprint density at radius 3 is 2.28 bits per heavy atom. The maximum absolute atomic E-state index is 6.52. The molecule has 43 heavy (non-hydrogen) atoms. The van der Waals surface area contributed by atoms with Crippen LogP contribution in [0.25, 0.3) is 91.8 Å². The molecule has 0 amide bonds. The zero-order chi connectivity index (χ0) is 28.1. The number of aromatic nitrogens is 2. The van der Waals surface area contributed by atoms with E-state index in [2.05, 4.69) is 132 Å². The summed E-state index contributed by atoms with van der Waals surface area (Å²) in [6.07, 6.45) is 0. The van der Waals surface area contributed by atoms with Gasteiger partial charge in [-0.1, -0.05) is 84.9 Å². The van der Waals surface area contributed by atoms with Gasteiger partial charge in [-0.3, -0.25) is 0 Å². The zero-order valence-corrected chi connectivity index (χ0v) is 23.7. The summed E-state index contributed by atoms with van der Waals surface area (Å²) < 4.78 is 11.4. The Balaban J connectivity index is 1.30. The molecule has 4 heteroatoms. The minimum Gasteiger partial charge on any atom is -0.455 e. The molecule has 6 aromatic carbocycles. The highest BCUT2D eigenvalue weighted by molar-refractivity contribution is 7.26. The van der Waals surface area contributed by atoms with Gasteiger partial charge in [0.15, 0.2) is 0 Å². The molecule has 0 bridgehead atoms. The Bertz CT molecular complexity index is 2740. The molecule has 0 aliphatic heterocycles. The summed E-state index contributed by atoms with van der Waals surface area (Å²) in [4.78, 5) is 5.15. The fourth-order valence-electron chi connectivity index (χ4n) is 6.94. The van der Waals surface area contributed by atoms with Crippen LogP contribution in [0.3, 0.4) is 0 Å². The summed E-state index contributed by atoms with van der Waals surface area (Å²) in [7, 11) is 0. The third-order valence-corrected chi connectivity index (χ3v) is 9.95. The lowest BCUT2D eigenvalue weighted by atomic mass is 9.99. The maximum Gasteiger partial charge on any atom is 0.145 e. The predicted octanol–water partition coefficient (Wildman–Crippen LogP) is 11.3. The van der Waals surface area contributed by atoms with Crippen LogP contribution in [0.15, 0.2) is 138 Å². The van der Waals surface area contributed by atoms with Gasteiger partial charge in [-0.05, 0) is 54.1 Å². The van der Waals surface area contributed by atoms with Crippen molar-refractivity contribution in [3.63, 3.8) is 0 Å². The average Bonchev–Trinajstić information content (AvgIpc) is 3.73. The van der Waals surface area contributed by atoms with Crippen LogP contribution in [0.1, 0.15) is 0 Å². The molecule has 4 aromatic heterocycles. The highest BCUT2D eigenvalue weighted by Gasteiger charge is 2.20. The maximum atomic E-state index is 6.52. The van der Waals surface area contributed by atoms with Gasteiger partial charge in [-0.25, -0.2) is 4.98 Å². The standard InChI is InChI=1S/C39H22N2OS/c1-5-16-30-27(13-1)35(39-37(40-30)29-15-4-8-19-34(29)43-39)23-10-9-11-24(22-23)41-31-17-6-2-14-28(31)36-32(41)21-20-26-25-12-3-7-18-33(25)42-38(26)36/h1-22H. The van der Waals surface area contributed by atoms with Crippen LogP contribution in [-0.2, 0) is 0 Å². The molecular weight excluding hydrogens is 545 g/mol. The molecule has 0 spiro atoms. The third-order valence-electron chi connectivity index (χ3n) is 8.78.